The monoisotopic (exact) mass is 567 g/mol. The lowest BCUT2D eigenvalue weighted by atomic mass is 9.72. The first-order valence-electron chi connectivity index (χ1n) is 13.7. The van der Waals surface area contributed by atoms with E-state index < -0.39 is 30.0 Å². The lowest BCUT2D eigenvalue weighted by molar-refractivity contribution is -0.266. The van der Waals surface area contributed by atoms with Crippen molar-refractivity contribution in [1.82, 2.24) is 24.8 Å². The number of alkyl halides is 3. The van der Waals surface area contributed by atoms with E-state index in [1.807, 2.05) is 18.2 Å². The Bertz CT molecular complexity index is 1500. The largest absolute Gasteiger partial charge is 0.508 e. The van der Waals surface area contributed by atoms with E-state index in [-0.39, 0.29) is 5.75 Å². The van der Waals surface area contributed by atoms with E-state index in [2.05, 4.69) is 31.8 Å². The molecule has 5 rings (SSSR count). The Morgan fingerprint density at radius 2 is 1.63 bits per heavy atom. The number of fused-ring (bicyclic) bond motifs is 1. The van der Waals surface area contributed by atoms with E-state index in [4.69, 9.17) is 0 Å². The number of aromatic amines is 1. The van der Waals surface area contributed by atoms with Gasteiger partial charge in [-0.3, -0.25) is 4.90 Å². The fourth-order valence-electron chi connectivity index (χ4n) is 5.81. The molecule has 1 aliphatic rings. The molecule has 1 unspecified atom stereocenters. The van der Waals surface area contributed by atoms with Crippen LogP contribution in [-0.4, -0.2) is 80.0 Å². The maximum atomic E-state index is 14.5. The molecule has 1 aliphatic heterocycles. The van der Waals surface area contributed by atoms with Crippen LogP contribution in [0, 0.1) is 0 Å². The highest BCUT2D eigenvalue weighted by atomic mass is 19.4. The van der Waals surface area contributed by atoms with Gasteiger partial charge < -0.3 is 20.1 Å². The van der Waals surface area contributed by atoms with Crippen molar-refractivity contribution in [2.45, 2.75) is 50.4 Å². The van der Waals surface area contributed by atoms with Gasteiger partial charge >= 0.3 is 6.18 Å². The molecule has 7 nitrogen and oxygen atoms in total. The first-order valence-corrected chi connectivity index (χ1v) is 13.7. The topological polar surface area (TPSA) is 88.5 Å². The van der Waals surface area contributed by atoms with Gasteiger partial charge in [-0.25, -0.2) is 9.97 Å². The summed E-state index contributed by atoms with van der Waals surface area (Å²) in [5.74, 6) is -0.140. The number of phenolic OH excluding ortho intramolecular Hbond substituents is 1. The normalized spacial score (nSPS) is 17.1. The van der Waals surface area contributed by atoms with Crippen molar-refractivity contribution in [3.05, 3.63) is 78.0 Å². The number of rotatable bonds is 8. The van der Waals surface area contributed by atoms with Crippen LogP contribution in [0.15, 0.2) is 61.2 Å². The van der Waals surface area contributed by atoms with Gasteiger partial charge in [-0.1, -0.05) is 26.0 Å². The van der Waals surface area contributed by atoms with E-state index >= 15 is 0 Å². The molecule has 2 aromatic carbocycles. The van der Waals surface area contributed by atoms with Gasteiger partial charge in [-0.2, -0.15) is 13.2 Å². The van der Waals surface area contributed by atoms with Crippen LogP contribution < -0.4 is 0 Å². The first kappa shape index (κ1) is 29.0. The second-order valence-corrected chi connectivity index (χ2v) is 11.9. The molecule has 41 heavy (non-hydrogen) atoms. The number of phenols is 1. The second kappa shape index (κ2) is 11.1. The number of aliphatic hydroxyl groups is 1. The van der Waals surface area contributed by atoms with Gasteiger partial charge in [-0.15, -0.1) is 0 Å². The van der Waals surface area contributed by atoms with Gasteiger partial charge in [0.2, 0.25) is 0 Å². The summed E-state index contributed by atoms with van der Waals surface area (Å²) in [5, 5.41) is 22.7. The summed E-state index contributed by atoms with van der Waals surface area (Å²) in [6, 6.07) is 12.3. The van der Waals surface area contributed by atoms with Crippen molar-refractivity contribution >= 4 is 10.9 Å². The molecule has 0 spiro atoms. The van der Waals surface area contributed by atoms with Crippen molar-refractivity contribution in [2.75, 3.05) is 33.2 Å². The summed E-state index contributed by atoms with van der Waals surface area (Å²) in [6.45, 7) is 7.93. The van der Waals surface area contributed by atoms with E-state index in [0.29, 0.717) is 22.4 Å². The highest BCUT2D eigenvalue weighted by Crippen LogP contribution is 2.45. The number of likely N-dealkylation sites (N-methyl/N-ethyl adjacent to an activating group) is 1. The number of nitrogens with zero attached hydrogens (tertiary/aromatic N) is 4. The minimum atomic E-state index is -4.91. The molecule has 0 saturated carbocycles. The number of nitrogens with one attached hydrogen (secondary N) is 1. The maximum absolute atomic E-state index is 14.5. The number of hydrogen-bond donors (Lipinski definition) is 3. The molecule has 3 N–H and O–H groups in total. The highest BCUT2D eigenvalue weighted by molar-refractivity contribution is 5.81. The van der Waals surface area contributed by atoms with Crippen molar-refractivity contribution in [3.63, 3.8) is 0 Å². The number of aromatic nitrogens is 3. The molecule has 4 aromatic rings. The number of hydrogen-bond acceptors (Lipinski definition) is 6. The van der Waals surface area contributed by atoms with Crippen molar-refractivity contribution in [2.24, 2.45) is 0 Å². The van der Waals surface area contributed by atoms with Gasteiger partial charge in [0.25, 0.3) is 0 Å². The predicted molar refractivity (Wildman–Crippen MR) is 153 cm³/mol. The summed E-state index contributed by atoms with van der Waals surface area (Å²) < 4.78 is 43.6. The maximum Gasteiger partial charge on any atom is 0.417 e. The van der Waals surface area contributed by atoms with Gasteiger partial charge in [0, 0.05) is 73.9 Å². The lowest BCUT2D eigenvalue weighted by Gasteiger charge is -2.38. The average molecular weight is 568 g/mol. The number of aromatic hydroxyl groups is 1. The van der Waals surface area contributed by atoms with Gasteiger partial charge in [0.05, 0.1) is 0 Å². The Balaban J connectivity index is 1.39. The first-order chi connectivity index (χ1) is 19.3. The van der Waals surface area contributed by atoms with E-state index in [0.717, 1.165) is 49.2 Å². The Labute approximate surface area is 237 Å². The quantitative estimate of drug-likeness (QED) is 0.269. The Hall–Kier alpha value is -3.47. The molecule has 1 fully saturated rings. The van der Waals surface area contributed by atoms with Crippen LogP contribution in [0.1, 0.15) is 37.1 Å². The van der Waals surface area contributed by atoms with Crippen LogP contribution in [-0.2, 0) is 18.4 Å². The second-order valence-electron chi connectivity index (χ2n) is 11.9. The molecule has 1 saturated heterocycles. The highest BCUT2D eigenvalue weighted by Gasteiger charge is 2.56. The lowest BCUT2D eigenvalue weighted by Crippen LogP contribution is -2.50. The van der Waals surface area contributed by atoms with Crippen molar-refractivity contribution in [1.29, 1.82) is 0 Å². The standard InChI is InChI=1S/C31H36F3N5O2/c1-29(2,26-14-22(5-7-28(26)40)24-16-35-20-36-17-24)19-30(41,31(32,33)34)15-25-13-23-12-21(4-6-27(23)37-25)18-39-10-8-38(3)9-11-39/h4-7,12-14,16-17,20,37,40-41H,8-11,15,18-19H2,1-3H3. The zero-order valence-corrected chi connectivity index (χ0v) is 23.5. The van der Waals surface area contributed by atoms with Crippen LogP contribution in [0.3, 0.4) is 0 Å². The molecule has 0 bridgehead atoms. The van der Waals surface area contributed by atoms with Crippen molar-refractivity contribution in [3.8, 4) is 16.9 Å². The Kier molecular flexibility index (Phi) is 7.84. The summed E-state index contributed by atoms with van der Waals surface area (Å²) >= 11 is 0. The molecule has 1 atom stereocenters. The summed E-state index contributed by atoms with van der Waals surface area (Å²) in [4.78, 5) is 15.7. The van der Waals surface area contributed by atoms with Crippen LogP contribution >= 0.6 is 0 Å². The van der Waals surface area contributed by atoms with Crippen LogP contribution in [0.2, 0.25) is 0 Å². The van der Waals surface area contributed by atoms with Gasteiger partial charge in [0.1, 0.15) is 12.1 Å². The summed E-state index contributed by atoms with van der Waals surface area (Å²) in [6.07, 6.45) is -1.64. The van der Waals surface area contributed by atoms with Crippen molar-refractivity contribution < 1.29 is 23.4 Å². The molecule has 218 valence electrons. The molecule has 10 heteroatoms. The molecular weight excluding hydrogens is 531 g/mol. The third-order valence-electron chi connectivity index (χ3n) is 8.11. The Morgan fingerprint density at radius 3 is 2.32 bits per heavy atom. The summed E-state index contributed by atoms with van der Waals surface area (Å²) in [5.41, 5.74) is -0.537. The molecular formula is C31H36F3N5O2. The minimum Gasteiger partial charge on any atom is -0.508 e. The Morgan fingerprint density at radius 1 is 0.927 bits per heavy atom. The zero-order chi connectivity index (χ0) is 29.4. The van der Waals surface area contributed by atoms with E-state index in [1.54, 1.807) is 44.4 Å². The number of benzene rings is 2. The number of H-pyrrole nitrogens is 1. The van der Waals surface area contributed by atoms with Crippen LogP contribution in [0.4, 0.5) is 13.2 Å². The fourth-order valence-corrected chi connectivity index (χ4v) is 5.81. The van der Waals surface area contributed by atoms with Gasteiger partial charge in [0.15, 0.2) is 5.60 Å². The SMILES string of the molecule is CN1CCN(Cc2ccc3[nH]c(CC(O)(CC(C)(C)c4cc(-c5cncnc5)ccc4O)C(F)(F)F)cc3c2)CC1. The van der Waals surface area contributed by atoms with Crippen LogP contribution in [0.5, 0.6) is 5.75 Å². The smallest absolute Gasteiger partial charge is 0.417 e. The summed E-state index contributed by atoms with van der Waals surface area (Å²) in [7, 11) is 2.11. The van der Waals surface area contributed by atoms with E-state index in [1.165, 1.54) is 12.4 Å². The third kappa shape index (κ3) is 6.39. The predicted octanol–water partition coefficient (Wildman–Crippen LogP) is 5.28. The zero-order valence-electron chi connectivity index (χ0n) is 23.5. The molecule has 0 aliphatic carbocycles. The van der Waals surface area contributed by atoms with Crippen LogP contribution in [0.25, 0.3) is 22.0 Å². The van der Waals surface area contributed by atoms with Gasteiger partial charge in [-0.05, 0) is 65.7 Å². The molecule has 3 heterocycles. The third-order valence-corrected chi connectivity index (χ3v) is 8.11. The molecule has 0 radical (unpaired) electrons. The number of halogens is 3. The van der Waals surface area contributed by atoms with E-state index in [9.17, 15) is 23.4 Å². The number of piperazine rings is 1. The molecule has 2 aromatic heterocycles. The average Bonchev–Trinajstić information content (AvgIpc) is 3.31. The minimum absolute atomic E-state index is 0.140. The molecule has 0 amide bonds. The fraction of sp³-hybridized carbons (Fsp3) is 0.419.